The number of benzene rings is 9. The Hall–Kier alpha value is -6.22. The molecule has 1 nitrogen and oxygen atoms in total. The highest BCUT2D eigenvalue weighted by Crippen LogP contribution is 2.43. The average molecular weight is 654 g/mol. The van der Waals surface area contributed by atoms with Crippen molar-refractivity contribution in [2.24, 2.45) is 0 Å². The van der Waals surface area contributed by atoms with Crippen LogP contribution in [0.1, 0.15) is 0 Å². The van der Waals surface area contributed by atoms with Gasteiger partial charge in [0.15, 0.2) is 0 Å². The lowest BCUT2D eigenvalue weighted by Gasteiger charge is -2.28. The zero-order chi connectivity index (χ0) is 33.0. The molecule has 0 saturated carbocycles. The smallest absolute Gasteiger partial charge is 0.0540 e. The molecule has 0 spiro atoms. The summed E-state index contributed by atoms with van der Waals surface area (Å²) in [5, 5.41) is 10.2. The van der Waals surface area contributed by atoms with Crippen LogP contribution >= 0.6 is 11.3 Å². The maximum Gasteiger partial charge on any atom is 0.0540 e. The van der Waals surface area contributed by atoms with Gasteiger partial charge in [-0.15, -0.1) is 11.3 Å². The first-order valence-corrected chi connectivity index (χ1v) is 17.9. The molecule has 0 N–H and O–H groups in total. The van der Waals surface area contributed by atoms with Crippen molar-refractivity contribution < 1.29 is 0 Å². The third-order valence-corrected chi connectivity index (χ3v) is 11.1. The molecule has 234 valence electrons. The molecule has 0 aliphatic heterocycles. The van der Waals surface area contributed by atoms with Crippen molar-refractivity contribution in [1.82, 2.24) is 0 Å². The normalized spacial score (nSPS) is 11.6. The Kier molecular flexibility index (Phi) is 6.75. The highest BCUT2D eigenvalue weighted by molar-refractivity contribution is 7.25. The highest BCUT2D eigenvalue weighted by atomic mass is 32.1. The molecule has 0 amide bonds. The number of anilines is 3. The fraction of sp³-hybridized carbons (Fsp3) is 0. The van der Waals surface area contributed by atoms with E-state index in [9.17, 15) is 0 Å². The quantitative estimate of drug-likeness (QED) is 0.167. The average Bonchev–Trinajstić information content (AvgIpc) is 3.55. The van der Waals surface area contributed by atoms with Crippen LogP contribution in [0.5, 0.6) is 0 Å². The van der Waals surface area contributed by atoms with Gasteiger partial charge in [0, 0.05) is 37.1 Å². The molecule has 50 heavy (non-hydrogen) atoms. The lowest BCUT2D eigenvalue weighted by atomic mass is 9.98. The van der Waals surface area contributed by atoms with Crippen LogP contribution in [0.4, 0.5) is 17.1 Å². The van der Waals surface area contributed by atoms with E-state index in [1.807, 2.05) is 11.3 Å². The molecule has 0 atom stereocenters. The summed E-state index contributed by atoms with van der Waals surface area (Å²) in [6, 6.07) is 68.8. The highest BCUT2D eigenvalue weighted by Gasteiger charge is 2.18. The van der Waals surface area contributed by atoms with Crippen molar-refractivity contribution in [3.8, 4) is 22.3 Å². The Bertz CT molecular complexity index is 2870. The van der Waals surface area contributed by atoms with Gasteiger partial charge in [-0.25, -0.2) is 0 Å². The number of hydrogen-bond acceptors (Lipinski definition) is 2. The Morgan fingerprint density at radius 1 is 0.320 bits per heavy atom. The molecule has 1 aromatic heterocycles. The Balaban J connectivity index is 1.11. The third kappa shape index (κ3) is 4.84. The van der Waals surface area contributed by atoms with Gasteiger partial charge in [-0.2, -0.15) is 0 Å². The Morgan fingerprint density at radius 3 is 1.86 bits per heavy atom. The Morgan fingerprint density at radius 2 is 0.980 bits per heavy atom. The van der Waals surface area contributed by atoms with Gasteiger partial charge < -0.3 is 4.90 Å². The van der Waals surface area contributed by atoms with Gasteiger partial charge in [0.1, 0.15) is 0 Å². The lowest BCUT2D eigenvalue weighted by Crippen LogP contribution is -2.11. The van der Waals surface area contributed by atoms with Crippen LogP contribution in [0, 0.1) is 0 Å². The maximum absolute atomic E-state index is 2.41. The van der Waals surface area contributed by atoms with Crippen LogP contribution in [-0.2, 0) is 0 Å². The molecule has 0 aliphatic rings. The zero-order valence-electron chi connectivity index (χ0n) is 27.3. The van der Waals surface area contributed by atoms with E-state index >= 15 is 0 Å². The molecule has 0 unspecified atom stereocenters. The van der Waals surface area contributed by atoms with Gasteiger partial charge in [0.05, 0.1) is 5.69 Å². The van der Waals surface area contributed by atoms with Crippen LogP contribution in [0.15, 0.2) is 188 Å². The number of hydrogen-bond donors (Lipinski definition) is 0. The molecule has 0 fully saturated rings. The third-order valence-electron chi connectivity index (χ3n) is 10.0. The standard InChI is InChI=1S/C48H31NS/c1-2-10-33(11-3-1)42-14-6-8-16-46(42)49(40-27-24-35-19-18-34-12-4-5-13-41(34)44(35)31-40)39-25-22-32(23-26-39)36-20-21-37-30-48-45(29-38(37)28-36)43-15-7-9-17-47(43)50-48/h1-31H. The monoisotopic (exact) mass is 653 g/mol. The predicted molar refractivity (Wildman–Crippen MR) is 217 cm³/mol. The molecule has 10 rings (SSSR count). The van der Waals surface area contributed by atoms with Crippen molar-refractivity contribution in [2.45, 2.75) is 0 Å². The molecule has 0 saturated heterocycles. The van der Waals surface area contributed by atoms with Crippen LogP contribution in [-0.4, -0.2) is 0 Å². The Labute approximate surface area is 294 Å². The molecule has 0 aliphatic carbocycles. The van der Waals surface area contributed by atoms with Crippen molar-refractivity contribution in [3.05, 3.63) is 188 Å². The van der Waals surface area contributed by atoms with Crippen LogP contribution < -0.4 is 4.90 Å². The molecule has 2 heteroatoms. The van der Waals surface area contributed by atoms with E-state index in [4.69, 9.17) is 0 Å². The van der Waals surface area contributed by atoms with Crippen molar-refractivity contribution in [1.29, 1.82) is 0 Å². The minimum atomic E-state index is 1.11. The van der Waals surface area contributed by atoms with E-state index in [0.717, 1.165) is 17.1 Å². The fourth-order valence-corrected chi connectivity index (χ4v) is 8.67. The maximum atomic E-state index is 2.41. The SMILES string of the molecule is c1ccc(-c2ccccc2N(c2ccc(-c3ccc4cc5sc6ccccc6c5cc4c3)cc2)c2ccc3ccc4ccccc4c3c2)cc1. The van der Waals surface area contributed by atoms with E-state index in [2.05, 4.69) is 193 Å². The van der Waals surface area contributed by atoms with Crippen molar-refractivity contribution >= 4 is 80.9 Å². The topological polar surface area (TPSA) is 3.24 Å². The van der Waals surface area contributed by atoms with E-state index in [-0.39, 0.29) is 0 Å². The van der Waals surface area contributed by atoms with E-state index in [1.165, 1.54) is 74.7 Å². The number of para-hydroxylation sites is 1. The summed E-state index contributed by atoms with van der Waals surface area (Å²) in [7, 11) is 0. The van der Waals surface area contributed by atoms with E-state index in [0.29, 0.717) is 0 Å². The summed E-state index contributed by atoms with van der Waals surface area (Å²) in [4.78, 5) is 2.41. The molecule has 0 radical (unpaired) electrons. The minimum absolute atomic E-state index is 1.11. The number of rotatable bonds is 5. The second kappa shape index (κ2) is 11.7. The van der Waals surface area contributed by atoms with Gasteiger partial charge in [0.25, 0.3) is 0 Å². The summed E-state index contributed by atoms with van der Waals surface area (Å²) in [6.45, 7) is 0. The molecule has 0 bridgehead atoms. The molecule has 10 aromatic rings. The zero-order valence-corrected chi connectivity index (χ0v) is 28.1. The first-order valence-electron chi connectivity index (χ1n) is 17.1. The van der Waals surface area contributed by atoms with Crippen LogP contribution in [0.25, 0.3) is 74.7 Å². The summed E-state index contributed by atoms with van der Waals surface area (Å²) < 4.78 is 2.68. The summed E-state index contributed by atoms with van der Waals surface area (Å²) >= 11 is 1.87. The van der Waals surface area contributed by atoms with Crippen LogP contribution in [0.3, 0.4) is 0 Å². The first-order chi connectivity index (χ1) is 24.8. The van der Waals surface area contributed by atoms with E-state index < -0.39 is 0 Å². The summed E-state index contributed by atoms with van der Waals surface area (Å²) in [5.41, 5.74) is 8.19. The molecular weight excluding hydrogens is 623 g/mol. The van der Waals surface area contributed by atoms with Gasteiger partial charge in [-0.3, -0.25) is 0 Å². The molecule has 9 aromatic carbocycles. The second-order valence-corrected chi connectivity index (χ2v) is 14.0. The second-order valence-electron chi connectivity index (χ2n) is 13.0. The van der Waals surface area contributed by atoms with Crippen molar-refractivity contribution in [3.63, 3.8) is 0 Å². The molecular formula is C48H31NS. The number of fused-ring (bicyclic) bond motifs is 7. The van der Waals surface area contributed by atoms with E-state index in [1.54, 1.807) is 0 Å². The van der Waals surface area contributed by atoms with Gasteiger partial charge in [-0.1, -0.05) is 133 Å². The van der Waals surface area contributed by atoms with Gasteiger partial charge >= 0.3 is 0 Å². The lowest BCUT2D eigenvalue weighted by molar-refractivity contribution is 1.29. The van der Waals surface area contributed by atoms with Crippen LogP contribution in [0.2, 0.25) is 0 Å². The molecule has 1 heterocycles. The summed E-state index contributed by atoms with van der Waals surface area (Å²) in [6.07, 6.45) is 0. The number of nitrogens with zero attached hydrogens (tertiary/aromatic N) is 1. The first kappa shape index (κ1) is 28.8. The largest absolute Gasteiger partial charge is 0.310 e. The van der Waals surface area contributed by atoms with Crippen molar-refractivity contribution in [2.75, 3.05) is 4.90 Å². The van der Waals surface area contributed by atoms with Gasteiger partial charge in [-0.05, 0) is 104 Å². The predicted octanol–water partition coefficient (Wildman–Crippen LogP) is 14.3. The number of thiophene rings is 1. The van der Waals surface area contributed by atoms with Gasteiger partial charge in [0.2, 0.25) is 0 Å². The summed E-state index contributed by atoms with van der Waals surface area (Å²) in [5.74, 6) is 0. The fourth-order valence-electron chi connectivity index (χ4n) is 7.54. The minimum Gasteiger partial charge on any atom is -0.310 e.